The van der Waals surface area contributed by atoms with Crippen LogP contribution in [0.1, 0.15) is 0 Å². The molecule has 0 aromatic heterocycles. The summed E-state index contributed by atoms with van der Waals surface area (Å²) >= 11 is 11.2. The molecule has 0 radical (unpaired) electrons. The quantitative estimate of drug-likeness (QED) is 0.759. The fourth-order valence-electron chi connectivity index (χ4n) is 0.703. The summed E-state index contributed by atoms with van der Waals surface area (Å²) in [6.07, 6.45) is -1.42. The lowest BCUT2D eigenvalue weighted by molar-refractivity contribution is -0.242. The van der Waals surface area contributed by atoms with E-state index in [9.17, 15) is 9.90 Å². The predicted molar refractivity (Wildman–Crippen MR) is 45.5 cm³/mol. The molecule has 1 rings (SSSR count). The molecular formula is C7H4Cl2NO2-. The van der Waals surface area contributed by atoms with Gasteiger partial charge in [0.2, 0.25) is 0 Å². The molecule has 0 bridgehead atoms. The number of amides is 1. The van der Waals surface area contributed by atoms with Gasteiger partial charge in [-0.15, -0.1) is 0 Å². The lowest BCUT2D eigenvalue weighted by atomic mass is 10.3. The third kappa shape index (κ3) is 2.29. The molecule has 0 heterocycles. The summed E-state index contributed by atoms with van der Waals surface area (Å²) in [5.74, 6) is 0. The van der Waals surface area contributed by atoms with Crippen molar-refractivity contribution in [1.29, 1.82) is 0 Å². The fourth-order valence-corrected chi connectivity index (χ4v) is 1.04. The van der Waals surface area contributed by atoms with E-state index in [2.05, 4.69) is 0 Å². The SMILES string of the molecule is O=C([O-])Nc1cc(Cl)ccc1Cl. The number of carboxylic acid groups (broad SMARTS) is 1. The van der Waals surface area contributed by atoms with Crippen LogP contribution in [-0.4, -0.2) is 6.09 Å². The highest BCUT2D eigenvalue weighted by Crippen LogP contribution is 2.24. The zero-order valence-corrected chi connectivity index (χ0v) is 7.32. The van der Waals surface area contributed by atoms with Gasteiger partial charge in [0.15, 0.2) is 0 Å². The monoisotopic (exact) mass is 204 g/mol. The Morgan fingerprint density at radius 3 is 2.67 bits per heavy atom. The van der Waals surface area contributed by atoms with Gasteiger partial charge in [0, 0.05) is 5.02 Å². The molecule has 0 aliphatic rings. The van der Waals surface area contributed by atoms with E-state index < -0.39 is 6.09 Å². The number of anilines is 1. The van der Waals surface area contributed by atoms with Gasteiger partial charge in [0.1, 0.15) is 6.09 Å². The van der Waals surface area contributed by atoms with Crippen LogP contribution in [0.3, 0.4) is 0 Å². The Kier molecular flexibility index (Phi) is 2.78. The minimum absolute atomic E-state index is 0.226. The Morgan fingerprint density at radius 1 is 1.42 bits per heavy atom. The first-order valence-electron chi connectivity index (χ1n) is 3.02. The Balaban J connectivity index is 2.97. The fraction of sp³-hybridized carbons (Fsp3) is 0. The summed E-state index contributed by atoms with van der Waals surface area (Å²) < 4.78 is 0. The number of rotatable bonds is 1. The molecule has 0 saturated carbocycles. The number of hydrogen-bond donors (Lipinski definition) is 1. The lowest BCUT2D eigenvalue weighted by Crippen LogP contribution is -2.28. The van der Waals surface area contributed by atoms with Crippen LogP contribution < -0.4 is 10.4 Å². The molecule has 0 unspecified atom stereocenters. The summed E-state index contributed by atoms with van der Waals surface area (Å²) in [6, 6.07) is 4.46. The Bertz CT molecular complexity index is 314. The number of nitrogens with one attached hydrogen (secondary N) is 1. The van der Waals surface area contributed by atoms with E-state index in [4.69, 9.17) is 23.2 Å². The molecule has 64 valence electrons. The first-order valence-corrected chi connectivity index (χ1v) is 3.78. The molecule has 12 heavy (non-hydrogen) atoms. The molecule has 0 aliphatic heterocycles. The normalized spacial score (nSPS) is 9.50. The minimum Gasteiger partial charge on any atom is -0.530 e. The zero-order valence-electron chi connectivity index (χ0n) is 5.80. The number of carbonyl (C=O) groups excluding carboxylic acids is 1. The maximum absolute atomic E-state index is 10.1. The highest BCUT2D eigenvalue weighted by atomic mass is 35.5. The van der Waals surface area contributed by atoms with Crippen molar-refractivity contribution in [1.82, 2.24) is 0 Å². The van der Waals surface area contributed by atoms with Gasteiger partial charge in [0.05, 0.1) is 10.7 Å². The topological polar surface area (TPSA) is 52.2 Å². The molecule has 0 aliphatic carbocycles. The molecule has 0 atom stereocenters. The van der Waals surface area contributed by atoms with E-state index in [0.717, 1.165) is 0 Å². The molecule has 0 spiro atoms. The van der Waals surface area contributed by atoms with E-state index >= 15 is 0 Å². The largest absolute Gasteiger partial charge is 0.530 e. The average Bonchev–Trinajstić information content (AvgIpc) is 1.96. The third-order valence-corrected chi connectivity index (χ3v) is 1.73. The van der Waals surface area contributed by atoms with Gasteiger partial charge in [-0.2, -0.15) is 0 Å². The first-order chi connectivity index (χ1) is 5.59. The van der Waals surface area contributed by atoms with Crippen molar-refractivity contribution in [2.45, 2.75) is 0 Å². The maximum atomic E-state index is 10.1. The van der Waals surface area contributed by atoms with Gasteiger partial charge in [-0.25, -0.2) is 0 Å². The van der Waals surface area contributed by atoms with Crippen LogP contribution in [0, 0.1) is 0 Å². The second-order valence-electron chi connectivity index (χ2n) is 2.04. The van der Waals surface area contributed by atoms with Gasteiger partial charge >= 0.3 is 0 Å². The predicted octanol–water partition coefficient (Wildman–Crippen LogP) is 1.75. The van der Waals surface area contributed by atoms with Crippen LogP contribution in [0.2, 0.25) is 10.0 Å². The smallest absolute Gasteiger partial charge is 0.138 e. The van der Waals surface area contributed by atoms with E-state index in [1.807, 2.05) is 5.32 Å². The highest BCUT2D eigenvalue weighted by molar-refractivity contribution is 6.35. The standard InChI is InChI=1S/C7H5Cl2NO2/c8-4-1-2-5(9)6(3-4)10-7(11)12/h1-3,10H,(H,11,12)/p-1. The van der Waals surface area contributed by atoms with Gasteiger partial charge in [-0.1, -0.05) is 23.2 Å². The average molecular weight is 205 g/mol. The van der Waals surface area contributed by atoms with Crippen LogP contribution in [-0.2, 0) is 0 Å². The van der Waals surface area contributed by atoms with Crippen molar-refractivity contribution in [3.05, 3.63) is 28.2 Å². The van der Waals surface area contributed by atoms with Crippen molar-refractivity contribution in [3.63, 3.8) is 0 Å². The summed E-state index contributed by atoms with van der Waals surface area (Å²) in [6.45, 7) is 0. The van der Waals surface area contributed by atoms with Crippen LogP contribution in [0.15, 0.2) is 18.2 Å². The van der Waals surface area contributed by atoms with Crippen molar-refractivity contribution < 1.29 is 9.90 Å². The van der Waals surface area contributed by atoms with Gasteiger partial charge in [-0.05, 0) is 18.2 Å². The third-order valence-electron chi connectivity index (χ3n) is 1.17. The Labute approximate surface area is 78.9 Å². The molecule has 3 nitrogen and oxygen atoms in total. The maximum Gasteiger partial charge on any atom is 0.138 e. The summed E-state index contributed by atoms with van der Waals surface area (Å²) in [7, 11) is 0. The van der Waals surface area contributed by atoms with Crippen molar-refractivity contribution >= 4 is 35.0 Å². The Hall–Kier alpha value is -0.930. The Morgan fingerprint density at radius 2 is 2.08 bits per heavy atom. The number of carbonyl (C=O) groups is 1. The molecule has 5 heteroatoms. The van der Waals surface area contributed by atoms with E-state index in [0.29, 0.717) is 5.02 Å². The second kappa shape index (κ2) is 3.65. The van der Waals surface area contributed by atoms with E-state index in [1.165, 1.54) is 12.1 Å². The molecule has 0 fully saturated rings. The van der Waals surface area contributed by atoms with Gasteiger partial charge in [-0.3, -0.25) is 0 Å². The molecular weight excluding hydrogens is 201 g/mol. The van der Waals surface area contributed by atoms with Crippen molar-refractivity contribution in [2.75, 3.05) is 5.32 Å². The van der Waals surface area contributed by atoms with Crippen LogP contribution in [0.25, 0.3) is 0 Å². The van der Waals surface area contributed by atoms with E-state index in [1.54, 1.807) is 6.07 Å². The number of benzene rings is 1. The summed E-state index contributed by atoms with van der Waals surface area (Å²) in [5, 5.41) is 12.8. The van der Waals surface area contributed by atoms with Crippen molar-refractivity contribution in [3.8, 4) is 0 Å². The van der Waals surface area contributed by atoms with E-state index in [-0.39, 0.29) is 10.7 Å². The second-order valence-corrected chi connectivity index (χ2v) is 2.88. The minimum atomic E-state index is -1.42. The highest BCUT2D eigenvalue weighted by Gasteiger charge is 1.99. The molecule has 1 N–H and O–H groups in total. The van der Waals surface area contributed by atoms with Crippen LogP contribution in [0.4, 0.5) is 10.5 Å². The van der Waals surface area contributed by atoms with Crippen molar-refractivity contribution in [2.24, 2.45) is 0 Å². The first kappa shape index (κ1) is 9.16. The zero-order chi connectivity index (χ0) is 9.14. The number of halogens is 2. The van der Waals surface area contributed by atoms with Crippen LogP contribution in [0.5, 0.6) is 0 Å². The number of hydrogen-bond acceptors (Lipinski definition) is 2. The molecule has 1 aromatic carbocycles. The van der Waals surface area contributed by atoms with Gasteiger partial charge in [0.25, 0.3) is 0 Å². The molecule has 0 saturated heterocycles. The molecule has 1 aromatic rings. The lowest BCUT2D eigenvalue weighted by Gasteiger charge is -2.08. The van der Waals surface area contributed by atoms with Gasteiger partial charge < -0.3 is 15.2 Å². The van der Waals surface area contributed by atoms with Crippen LogP contribution >= 0.6 is 23.2 Å². The molecule has 1 amide bonds. The summed E-state index contributed by atoms with van der Waals surface area (Å²) in [5.41, 5.74) is 0.226. The summed E-state index contributed by atoms with van der Waals surface area (Å²) in [4.78, 5) is 10.1.